The standard InChI is InChI=1S/C12H18N4O3S/c1-18-10(17)8-16-11(13-14-15-16)20-9-3-6-19-12(7-9)4-2-5-12/h9H,2-8H2,1H3. The molecule has 3 rings (SSSR count). The lowest BCUT2D eigenvalue weighted by Crippen LogP contribution is -2.46. The van der Waals surface area contributed by atoms with Crippen LogP contribution in [0.4, 0.5) is 0 Å². The number of hydrogen-bond donors (Lipinski definition) is 0. The van der Waals surface area contributed by atoms with Gasteiger partial charge in [-0.05, 0) is 42.5 Å². The van der Waals surface area contributed by atoms with Gasteiger partial charge >= 0.3 is 5.97 Å². The van der Waals surface area contributed by atoms with Crippen LogP contribution in [-0.4, -0.2) is 50.7 Å². The van der Waals surface area contributed by atoms with Gasteiger partial charge in [0.2, 0.25) is 5.16 Å². The van der Waals surface area contributed by atoms with E-state index in [1.54, 1.807) is 11.8 Å². The summed E-state index contributed by atoms with van der Waals surface area (Å²) in [7, 11) is 1.36. The lowest BCUT2D eigenvalue weighted by Gasteiger charge is -2.46. The highest BCUT2D eigenvalue weighted by Crippen LogP contribution is 2.45. The monoisotopic (exact) mass is 298 g/mol. The highest BCUT2D eigenvalue weighted by Gasteiger charge is 2.43. The predicted molar refractivity (Wildman–Crippen MR) is 71.2 cm³/mol. The number of methoxy groups -OCH3 is 1. The Kier molecular flexibility index (Phi) is 3.93. The SMILES string of the molecule is COC(=O)Cn1nnnc1SC1CCOC2(CCC2)C1. The van der Waals surface area contributed by atoms with Crippen molar-refractivity contribution in [1.82, 2.24) is 20.2 Å². The molecule has 1 aliphatic carbocycles. The number of tetrazole rings is 1. The molecule has 110 valence electrons. The Morgan fingerprint density at radius 3 is 3.15 bits per heavy atom. The zero-order chi connectivity index (χ0) is 14.0. The molecule has 1 aromatic heterocycles. The molecule has 2 fully saturated rings. The number of rotatable bonds is 4. The molecular weight excluding hydrogens is 280 g/mol. The quantitative estimate of drug-likeness (QED) is 0.768. The van der Waals surface area contributed by atoms with Crippen LogP contribution in [0.1, 0.15) is 32.1 Å². The fourth-order valence-corrected chi connectivity index (χ4v) is 3.92. The Morgan fingerprint density at radius 2 is 2.45 bits per heavy atom. The van der Waals surface area contributed by atoms with E-state index in [0.717, 1.165) is 32.3 Å². The zero-order valence-corrected chi connectivity index (χ0v) is 12.3. The van der Waals surface area contributed by atoms with Crippen molar-refractivity contribution in [2.45, 2.75) is 54.7 Å². The maximum absolute atomic E-state index is 11.3. The summed E-state index contributed by atoms with van der Waals surface area (Å²) in [6, 6.07) is 0. The summed E-state index contributed by atoms with van der Waals surface area (Å²) < 4.78 is 12.1. The van der Waals surface area contributed by atoms with Crippen LogP contribution in [-0.2, 0) is 20.8 Å². The molecule has 0 amide bonds. The molecule has 1 aliphatic heterocycles. The first-order valence-electron chi connectivity index (χ1n) is 6.84. The van der Waals surface area contributed by atoms with Crippen molar-refractivity contribution in [2.75, 3.05) is 13.7 Å². The van der Waals surface area contributed by atoms with Gasteiger partial charge in [-0.3, -0.25) is 4.79 Å². The van der Waals surface area contributed by atoms with Crippen LogP contribution in [0.3, 0.4) is 0 Å². The molecule has 1 unspecified atom stereocenters. The molecule has 7 nitrogen and oxygen atoms in total. The molecule has 1 atom stereocenters. The second-order valence-electron chi connectivity index (χ2n) is 5.31. The van der Waals surface area contributed by atoms with Crippen LogP contribution < -0.4 is 0 Å². The molecule has 0 bridgehead atoms. The fraction of sp³-hybridized carbons (Fsp3) is 0.833. The highest BCUT2D eigenvalue weighted by atomic mass is 32.2. The first kappa shape index (κ1) is 13.8. The Morgan fingerprint density at radius 1 is 1.60 bits per heavy atom. The van der Waals surface area contributed by atoms with Crippen molar-refractivity contribution in [2.24, 2.45) is 0 Å². The van der Waals surface area contributed by atoms with Crippen molar-refractivity contribution >= 4 is 17.7 Å². The van der Waals surface area contributed by atoms with Crippen molar-refractivity contribution in [1.29, 1.82) is 0 Å². The normalized spacial score (nSPS) is 24.4. The highest BCUT2D eigenvalue weighted by molar-refractivity contribution is 7.99. The molecular formula is C12H18N4O3S. The van der Waals surface area contributed by atoms with Crippen LogP contribution in [0, 0.1) is 0 Å². The molecule has 1 aromatic rings. The van der Waals surface area contributed by atoms with Gasteiger partial charge in [0.05, 0.1) is 12.7 Å². The van der Waals surface area contributed by atoms with Gasteiger partial charge in [-0.2, -0.15) is 0 Å². The van der Waals surface area contributed by atoms with Gasteiger partial charge in [0.15, 0.2) is 0 Å². The van der Waals surface area contributed by atoms with Crippen molar-refractivity contribution < 1.29 is 14.3 Å². The van der Waals surface area contributed by atoms with Gasteiger partial charge in [0.25, 0.3) is 0 Å². The lowest BCUT2D eigenvalue weighted by atomic mass is 9.75. The van der Waals surface area contributed by atoms with E-state index in [0.29, 0.717) is 10.4 Å². The summed E-state index contributed by atoms with van der Waals surface area (Å²) in [5, 5.41) is 12.6. The number of ether oxygens (including phenoxy) is 2. The van der Waals surface area contributed by atoms with E-state index in [1.165, 1.54) is 18.2 Å². The van der Waals surface area contributed by atoms with Gasteiger partial charge in [-0.25, -0.2) is 4.68 Å². The minimum atomic E-state index is -0.346. The molecule has 1 saturated heterocycles. The number of carbonyl (C=O) groups is 1. The van der Waals surface area contributed by atoms with Gasteiger partial charge in [-0.15, -0.1) is 5.10 Å². The van der Waals surface area contributed by atoms with E-state index in [1.807, 2.05) is 0 Å². The van der Waals surface area contributed by atoms with E-state index in [2.05, 4.69) is 20.3 Å². The second kappa shape index (κ2) is 5.69. The van der Waals surface area contributed by atoms with Crippen LogP contribution in [0.5, 0.6) is 0 Å². The molecule has 1 saturated carbocycles. The fourth-order valence-electron chi connectivity index (χ4n) is 2.72. The summed E-state index contributed by atoms with van der Waals surface area (Å²) in [5.41, 5.74) is 0.108. The van der Waals surface area contributed by atoms with Crippen LogP contribution in [0.2, 0.25) is 0 Å². The molecule has 2 aliphatic rings. The maximum Gasteiger partial charge on any atom is 0.327 e. The van der Waals surface area contributed by atoms with Crippen molar-refractivity contribution in [3.8, 4) is 0 Å². The van der Waals surface area contributed by atoms with Crippen molar-refractivity contribution in [3.05, 3.63) is 0 Å². The first-order valence-corrected chi connectivity index (χ1v) is 7.72. The third-order valence-electron chi connectivity index (χ3n) is 3.99. The summed E-state index contributed by atoms with van der Waals surface area (Å²) in [5.74, 6) is -0.346. The number of aromatic nitrogens is 4. The molecule has 0 radical (unpaired) electrons. The second-order valence-corrected chi connectivity index (χ2v) is 6.58. The molecule has 0 N–H and O–H groups in total. The zero-order valence-electron chi connectivity index (χ0n) is 11.4. The summed E-state index contributed by atoms with van der Waals surface area (Å²) in [6.45, 7) is 0.858. The van der Waals surface area contributed by atoms with E-state index in [-0.39, 0.29) is 18.1 Å². The molecule has 1 spiro atoms. The third-order valence-corrected chi connectivity index (χ3v) is 5.23. The minimum Gasteiger partial charge on any atom is -0.468 e. The Bertz CT molecular complexity index is 489. The summed E-state index contributed by atoms with van der Waals surface area (Å²) >= 11 is 1.64. The smallest absolute Gasteiger partial charge is 0.327 e. The summed E-state index contributed by atoms with van der Waals surface area (Å²) in [6.07, 6.45) is 5.63. The number of hydrogen-bond acceptors (Lipinski definition) is 7. The van der Waals surface area contributed by atoms with E-state index < -0.39 is 0 Å². The number of nitrogens with zero attached hydrogens (tertiary/aromatic N) is 4. The number of carbonyl (C=O) groups excluding carboxylic acids is 1. The number of esters is 1. The van der Waals surface area contributed by atoms with Crippen LogP contribution in [0.15, 0.2) is 5.16 Å². The molecule has 0 aromatic carbocycles. The number of thioether (sulfide) groups is 1. The Labute approximate surface area is 121 Å². The Hall–Kier alpha value is -1.15. The maximum atomic E-state index is 11.3. The third kappa shape index (κ3) is 2.80. The topological polar surface area (TPSA) is 79.1 Å². The molecule has 8 heteroatoms. The molecule has 2 heterocycles. The Balaban J connectivity index is 1.62. The van der Waals surface area contributed by atoms with E-state index in [9.17, 15) is 4.79 Å². The average molecular weight is 298 g/mol. The predicted octanol–water partition coefficient (Wildman–Crippen LogP) is 1.04. The van der Waals surface area contributed by atoms with Gasteiger partial charge in [0.1, 0.15) is 6.54 Å². The van der Waals surface area contributed by atoms with Gasteiger partial charge < -0.3 is 9.47 Å². The van der Waals surface area contributed by atoms with E-state index >= 15 is 0 Å². The average Bonchev–Trinajstić information content (AvgIpc) is 2.84. The summed E-state index contributed by atoms with van der Waals surface area (Å²) in [4.78, 5) is 11.3. The van der Waals surface area contributed by atoms with Gasteiger partial charge in [-0.1, -0.05) is 11.8 Å². The van der Waals surface area contributed by atoms with Crippen LogP contribution >= 0.6 is 11.8 Å². The minimum absolute atomic E-state index is 0.0558. The van der Waals surface area contributed by atoms with E-state index in [4.69, 9.17) is 4.74 Å². The van der Waals surface area contributed by atoms with Crippen LogP contribution in [0.25, 0.3) is 0 Å². The van der Waals surface area contributed by atoms with Gasteiger partial charge in [0, 0.05) is 11.9 Å². The first-order chi connectivity index (χ1) is 9.71. The largest absolute Gasteiger partial charge is 0.468 e. The molecule has 20 heavy (non-hydrogen) atoms. The lowest BCUT2D eigenvalue weighted by molar-refractivity contribution is -0.141. The van der Waals surface area contributed by atoms with Crippen molar-refractivity contribution in [3.63, 3.8) is 0 Å².